The first-order chi connectivity index (χ1) is 5.65. The van der Waals surface area contributed by atoms with Crippen molar-refractivity contribution in [3.05, 3.63) is 17.7 Å². The summed E-state index contributed by atoms with van der Waals surface area (Å²) in [6.45, 7) is 2.06. The SMILES string of the molecule is CCc1ncc(C(=S)N(C)C)[nH]1. The number of rotatable bonds is 2. The van der Waals surface area contributed by atoms with Gasteiger partial charge in [0.25, 0.3) is 0 Å². The monoisotopic (exact) mass is 183 g/mol. The molecule has 0 aliphatic heterocycles. The van der Waals surface area contributed by atoms with Crippen LogP contribution in [0, 0.1) is 0 Å². The Kier molecular flexibility index (Phi) is 2.81. The number of nitrogens with zero attached hydrogens (tertiary/aromatic N) is 2. The van der Waals surface area contributed by atoms with Crippen molar-refractivity contribution in [3.8, 4) is 0 Å². The molecule has 0 bridgehead atoms. The van der Waals surface area contributed by atoms with Crippen LogP contribution in [-0.4, -0.2) is 34.0 Å². The van der Waals surface area contributed by atoms with Crippen molar-refractivity contribution in [1.82, 2.24) is 14.9 Å². The number of thiocarbonyl (C=S) groups is 1. The molecule has 0 spiro atoms. The van der Waals surface area contributed by atoms with Crippen LogP contribution in [0.25, 0.3) is 0 Å². The second-order valence-corrected chi connectivity index (χ2v) is 3.18. The van der Waals surface area contributed by atoms with Crippen molar-refractivity contribution in [2.75, 3.05) is 14.1 Å². The van der Waals surface area contributed by atoms with E-state index in [1.54, 1.807) is 6.20 Å². The third-order valence-corrected chi connectivity index (χ3v) is 2.18. The van der Waals surface area contributed by atoms with Gasteiger partial charge in [0, 0.05) is 20.5 Å². The highest BCUT2D eigenvalue weighted by molar-refractivity contribution is 7.80. The zero-order valence-electron chi connectivity index (χ0n) is 7.59. The van der Waals surface area contributed by atoms with Crippen LogP contribution in [0.15, 0.2) is 6.20 Å². The molecule has 0 aliphatic rings. The van der Waals surface area contributed by atoms with Crippen molar-refractivity contribution in [3.63, 3.8) is 0 Å². The van der Waals surface area contributed by atoms with E-state index >= 15 is 0 Å². The summed E-state index contributed by atoms with van der Waals surface area (Å²) >= 11 is 5.16. The molecule has 1 aromatic rings. The molecule has 1 aromatic heterocycles. The average molecular weight is 183 g/mol. The van der Waals surface area contributed by atoms with Gasteiger partial charge in [-0.15, -0.1) is 0 Å². The van der Waals surface area contributed by atoms with E-state index in [0.29, 0.717) is 0 Å². The van der Waals surface area contributed by atoms with Crippen molar-refractivity contribution in [1.29, 1.82) is 0 Å². The van der Waals surface area contributed by atoms with Crippen LogP contribution in [0.1, 0.15) is 18.4 Å². The number of aryl methyl sites for hydroxylation is 1. The van der Waals surface area contributed by atoms with Crippen LogP contribution in [0.2, 0.25) is 0 Å². The molecule has 0 amide bonds. The Bertz CT molecular complexity index is 278. The van der Waals surface area contributed by atoms with E-state index in [1.807, 2.05) is 19.0 Å². The first-order valence-electron chi connectivity index (χ1n) is 3.90. The van der Waals surface area contributed by atoms with E-state index in [4.69, 9.17) is 12.2 Å². The second kappa shape index (κ2) is 3.67. The van der Waals surface area contributed by atoms with Crippen LogP contribution in [0.3, 0.4) is 0 Å². The summed E-state index contributed by atoms with van der Waals surface area (Å²) in [6, 6.07) is 0. The average Bonchev–Trinajstić information content (AvgIpc) is 2.50. The number of aromatic nitrogens is 2. The lowest BCUT2D eigenvalue weighted by Crippen LogP contribution is -2.20. The number of hydrogen-bond acceptors (Lipinski definition) is 2. The lowest BCUT2D eigenvalue weighted by molar-refractivity contribution is 0.634. The molecule has 0 atom stereocenters. The first-order valence-corrected chi connectivity index (χ1v) is 4.31. The molecule has 0 fully saturated rings. The molecule has 0 saturated carbocycles. The third kappa shape index (κ3) is 1.82. The summed E-state index contributed by atoms with van der Waals surface area (Å²) in [6.07, 6.45) is 2.69. The van der Waals surface area contributed by atoms with Gasteiger partial charge in [-0.1, -0.05) is 19.1 Å². The predicted octanol–water partition coefficient (Wildman–Crippen LogP) is 1.21. The molecule has 66 valence electrons. The standard InChI is InChI=1S/C8H13N3S/c1-4-7-9-5-6(10-7)8(12)11(2)3/h5H,4H2,1-3H3,(H,9,10). The van der Waals surface area contributed by atoms with Gasteiger partial charge >= 0.3 is 0 Å². The fourth-order valence-corrected chi connectivity index (χ4v) is 0.995. The maximum Gasteiger partial charge on any atom is 0.126 e. The molecule has 3 nitrogen and oxygen atoms in total. The lowest BCUT2D eigenvalue weighted by Gasteiger charge is -2.10. The zero-order valence-corrected chi connectivity index (χ0v) is 8.40. The van der Waals surface area contributed by atoms with Gasteiger partial charge < -0.3 is 9.88 Å². The van der Waals surface area contributed by atoms with E-state index in [0.717, 1.165) is 22.9 Å². The third-order valence-electron chi connectivity index (χ3n) is 1.60. The van der Waals surface area contributed by atoms with Gasteiger partial charge in [-0.2, -0.15) is 0 Å². The highest BCUT2D eigenvalue weighted by Crippen LogP contribution is 2.01. The molecule has 4 heteroatoms. The quantitative estimate of drug-likeness (QED) is 0.699. The smallest absolute Gasteiger partial charge is 0.126 e. The highest BCUT2D eigenvalue weighted by atomic mass is 32.1. The molecule has 1 heterocycles. The fourth-order valence-electron chi connectivity index (χ4n) is 0.892. The maximum atomic E-state index is 5.16. The normalized spacial score (nSPS) is 9.92. The largest absolute Gasteiger partial charge is 0.367 e. The Hall–Kier alpha value is -0.900. The summed E-state index contributed by atoms with van der Waals surface area (Å²) in [4.78, 5) is 10.0. The highest BCUT2D eigenvalue weighted by Gasteiger charge is 2.05. The van der Waals surface area contributed by atoms with Gasteiger partial charge in [0.1, 0.15) is 10.8 Å². The summed E-state index contributed by atoms with van der Waals surface area (Å²) in [5.41, 5.74) is 0.923. The number of hydrogen-bond donors (Lipinski definition) is 1. The van der Waals surface area contributed by atoms with Crippen molar-refractivity contribution >= 4 is 17.2 Å². The van der Waals surface area contributed by atoms with Crippen LogP contribution in [-0.2, 0) is 6.42 Å². The minimum atomic E-state index is 0.794. The van der Waals surface area contributed by atoms with Gasteiger partial charge in [0.2, 0.25) is 0 Å². The van der Waals surface area contributed by atoms with Crippen LogP contribution >= 0.6 is 12.2 Å². The minimum Gasteiger partial charge on any atom is -0.367 e. The van der Waals surface area contributed by atoms with Gasteiger partial charge in [0.05, 0.1) is 11.9 Å². The fraction of sp³-hybridized carbons (Fsp3) is 0.500. The van der Waals surface area contributed by atoms with Gasteiger partial charge in [-0.25, -0.2) is 4.98 Å². The van der Waals surface area contributed by atoms with Gasteiger partial charge in [-0.05, 0) is 0 Å². The molecular weight excluding hydrogens is 170 g/mol. The number of nitrogens with one attached hydrogen (secondary N) is 1. The molecule has 1 rings (SSSR count). The number of aromatic amines is 1. The van der Waals surface area contributed by atoms with Crippen LogP contribution in [0.5, 0.6) is 0 Å². The Balaban J connectivity index is 2.82. The second-order valence-electron chi connectivity index (χ2n) is 2.80. The van der Waals surface area contributed by atoms with E-state index in [9.17, 15) is 0 Å². The van der Waals surface area contributed by atoms with Crippen molar-refractivity contribution in [2.24, 2.45) is 0 Å². The predicted molar refractivity (Wildman–Crippen MR) is 53.4 cm³/mol. The Morgan fingerprint density at radius 1 is 1.67 bits per heavy atom. The van der Waals surface area contributed by atoms with Gasteiger partial charge in [0.15, 0.2) is 0 Å². The van der Waals surface area contributed by atoms with Crippen LogP contribution < -0.4 is 0 Å². The van der Waals surface area contributed by atoms with E-state index in [2.05, 4.69) is 16.9 Å². The molecule has 0 aromatic carbocycles. The molecule has 0 unspecified atom stereocenters. The van der Waals surface area contributed by atoms with E-state index in [-0.39, 0.29) is 0 Å². The molecule has 1 N–H and O–H groups in total. The number of H-pyrrole nitrogens is 1. The first kappa shape index (κ1) is 9.19. The van der Waals surface area contributed by atoms with Crippen molar-refractivity contribution < 1.29 is 0 Å². The summed E-state index contributed by atoms with van der Waals surface area (Å²) in [5, 5.41) is 0. The Morgan fingerprint density at radius 3 is 2.75 bits per heavy atom. The molecule has 12 heavy (non-hydrogen) atoms. The summed E-state index contributed by atoms with van der Waals surface area (Å²) in [5.74, 6) is 0.981. The lowest BCUT2D eigenvalue weighted by atomic mass is 10.4. The molecule has 0 radical (unpaired) electrons. The zero-order chi connectivity index (χ0) is 9.14. The molecule has 0 saturated heterocycles. The molecular formula is C8H13N3S. The number of imidazole rings is 1. The van der Waals surface area contributed by atoms with E-state index < -0.39 is 0 Å². The summed E-state index contributed by atoms with van der Waals surface area (Å²) in [7, 11) is 3.85. The van der Waals surface area contributed by atoms with E-state index in [1.165, 1.54) is 0 Å². The molecule has 0 aliphatic carbocycles. The maximum absolute atomic E-state index is 5.16. The Morgan fingerprint density at radius 2 is 2.33 bits per heavy atom. The topological polar surface area (TPSA) is 31.9 Å². The van der Waals surface area contributed by atoms with Crippen LogP contribution in [0.4, 0.5) is 0 Å². The van der Waals surface area contributed by atoms with Crippen molar-refractivity contribution in [2.45, 2.75) is 13.3 Å². The van der Waals surface area contributed by atoms with Gasteiger partial charge in [-0.3, -0.25) is 0 Å². The Labute approximate surface area is 77.8 Å². The summed E-state index contributed by atoms with van der Waals surface area (Å²) < 4.78 is 0. The minimum absolute atomic E-state index is 0.794.